The lowest BCUT2D eigenvalue weighted by Crippen LogP contribution is -2.13. The summed E-state index contributed by atoms with van der Waals surface area (Å²) in [4.78, 5) is 0. The third-order valence-corrected chi connectivity index (χ3v) is 2.95. The van der Waals surface area contributed by atoms with Crippen molar-refractivity contribution in [3.05, 3.63) is 46.7 Å². The first-order valence-corrected chi connectivity index (χ1v) is 5.33. The van der Waals surface area contributed by atoms with E-state index in [-0.39, 0.29) is 5.92 Å². The van der Waals surface area contributed by atoms with Crippen LogP contribution < -0.4 is 0 Å². The Hall–Kier alpha value is -1.38. The summed E-state index contributed by atoms with van der Waals surface area (Å²) in [5.74, 6) is -0.714. The molecular formula is C13H14F2O. The Bertz CT molecular complexity index is 438. The molecule has 0 amide bonds. The Morgan fingerprint density at radius 2 is 1.94 bits per heavy atom. The Balaban J connectivity index is 2.32. The fourth-order valence-electron chi connectivity index (χ4n) is 1.86. The number of allylic oxidation sites excluding steroid dienone is 2. The van der Waals surface area contributed by atoms with Gasteiger partial charge >= 0.3 is 0 Å². The van der Waals surface area contributed by atoms with Gasteiger partial charge in [-0.2, -0.15) is 0 Å². The zero-order chi connectivity index (χ0) is 11.7. The summed E-state index contributed by atoms with van der Waals surface area (Å²) >= 11 is 0. The van der Waals surface area contributed by atoms with E-state index in [0.29, 0.717) is 24.2 Å². The third kappa shape index (κ3) is 1.94. The Morgan fingerprint density at radius 3 is 2.56 bits per heavy atom. The predicted octanol–water partition coefficient (Wildman–Crippen LogP) is 3.68. The van der Waals surface area contributed by atoms with Crippen molar-refractivity contribution in [2.24, 2.45) is 0 Å². The molecule has 0 fully saturated rings. The van der Waals surface area contributed by atoms with Crippen molar-refractivity contribution >= 4 is 0 Å². The maximum absolute atomic E-state index is 13.7. The molecular weight excluding hydrogens is 210 g/mol. The van der Waals surface area contributed by atoms with Gasteiger partial charge in [-0.25, -0.2) is 8.78 Å². The first-order chi connectivity index (χ1) is 7.59. The standard InChI is InChI=1S/C13H14F2O/c1-8-3-6-11(13(15)12(8)14)10-5-4-9(2)16-7-10/h3-4,6,10H,5,7H2,1-2H3. The molecule has 0 spiro atoms. The van der Waals surface area contributed by atoms with Gasteiger partial charge in [0.1, 0.15) is 0 Å². The molecule has 3 heteroatoms. The van der Waals surface area contributed by atoms with Gasteiger partial charge in [0, 0.05) is 5.92 Å². The first-order valence-electron chi connectivity index (χ1n) is 5.33. The number of benzene rings is 1. The monoisotopic (exact) mass is 224 g/mol. The van der Waals surface area contributed by atoms with E-state index >= 15 is 0 Å². The molecule has 1 unspecified atom stereocenters. The van der Waals surface area contributed by atoms with Crippen molar-refractivity contribution in [2.75, 3.05) is 6.61 Å². The second-order valence-electron chi connectivity index (χ2n) is 4.16. The van der Waals surface area contributed by atoms with E-state index < -0.39 is 11.6 Å². The van der Waals surface area contributed by atoms with Gasteiger partial charge < -0.3 is 4.74 Å². The summed E-state index contributed by atoms with van der Waals surface area (Å²) in [6.07, 6.45) is 2.61. The average molecular weight is 224 g/mol. The molecule has 0 saturated carbocycles. The second kappa shape index (κ2) is 4.24. The maximum atomic E-state index is 13.7. The van der Waals surface area contributed by atoms with Crippen LogP contribution >= 0.6 is 0 Å². The number of aryl methyl sites for hydroxylation is 1. The minimum absolute atomic E-state index is 0.0844. The fourth-order valence-corrected chi connectivity index (χ4v) is 1.86. The maximum Gasteiger partial charge on any atom is 0.162 e. The number of ether oxygens (including phenoxy) is 1. The molecule has 86 valence electrons. The third-order valence-electron chi connectivity index (χ3n) is 2.95. The van der Waals surface area contributed by atoms with Crippen LogP contribution in [-0.4, -0.2) is 6.61 Å². The van der Waals surface area contributed by atoms with Gasteiger partial charge in [-0.1, -0.05) is 12.1 Å². The van der Waals surface area contributed by atoms with Crippen molar-refractivity contribution in [2.45, 2.75) is 26.2 Å². The highest BCUT2D eigenvalue weighted by Gasteiger charge is 2.21. The smallest absolute Gasteiger partial charge is 0.162 e. The van der Waals surface area contributed by atoms with Crippen LogP contribution in [0.25, 0.3) is 0 Å². The molecule has 2 rings (SSSR count). The van der Waals surface area contributed by atoms with Crippen molar-refractivity contribution in [1.82, 2.24) is 0 Å². The van der Waals surface area contributed by atoms with Crippen LogP contribution in [0.4, 0.5) is 8.78 Å². The second-order valence-corrected chi connectivity index (χ2v) is 4.16. The molecule has 1 nitrogen and oxygen atoms in total. The number of halogens is 2. The molecule has 1 aromatic carbocycles. The van der Waals surface area contributed by atoms with Crippen LogP contribution in [-0.2, 0) is 4.74 Å². The van der Waals surface area contributed by atoms with Crippen LogP contribution in [0, 0.1) is 18.6 Å². The molecule has 16 heavy (non-hydrogen) atoms. The van der Waals surface area contributed by atoms with E-state index in [1.807, 2.05) is 13.0 Å². The molecule has 0 aliphatic carbocycles. The van der Waals surface area contributed by atoms with E-state index in [9.17, 15) is 8.78 Å². The molecule has 0 N–H and O–H groups in total. The van der Waals surface area contributed by atoms with Gasteiger partial charge in [0.2, 0.25) is 0 Å². The fraction of sp³-hybridized carbons (Fsp3) is 0.385. The molecule has 0 aromatic heterocycles. The minimum Gasteiger partial charge on any atom is -0.498 e. The highest BCUT2D eigenvalue weighted by molar-refractivity contribution is 5.29. The topological polar surface area (TPSA) is 9.23 Å². The number of hydrogen-bond acceptors (Lipinski definition) is 1. The van der Waals surface area contributed by atoms with Gasteiger partial charge in [0.05, 0.1) is 12.4 Å². The van der Waals surface area contributed by atoms with E-state index in [2.05, 4.69) is 0 Å². The van der Waals surface area contributed by atoms with Crippen molar-refractivity contribution in [3.8, 4) is 0 Å². The quantitative estimate of drug-likeness (QED) is 0.707. The Kier molecular flexibility index (Phi) is 2.95. The molecule has 1 heterocycles. The molecule has 0 radical (unpaired) electrons. The van der Waals surface area contributed by atoms with E-state index in [0.717, 1.165) is 5.76 Å². The van der Waals surface area contributed by atoms with Crippen molar-refractivity contribution in [1.29, 1.82) is 0 Å². The summed E-state index contributed by atoms with van der Waals surface area (Å²) in [7, 11) is 0. The normalized spacial score (nSPS) is 20.2. The molecule has 0 bridgehead atoms. The zero-order valence-corrected chi connectivity index (χ0v) is 9.39. The summed E-state index contributed by atoms with van der Waals surface area (Å²) in [5, 5.41) is 0. The number of rotatable bonds is 1. The lowest BCUT2D eigenvalue weighted by molar-refractivity contribution is 0.175. The van der Waals surface area contributed by atoms with Crippen molar-refractivity contribution < 1.29 is 13.5 Å². The summed E-state index contributed by atoms with van der Waals surface area (Å²) in [5.41, 5.74) is 0.747. The summed E-state index contributed by atoms with van der Waals surface area (Å²) < 4.78 is 32.4. The molecule has 1 aliphatic heterocycles. The predicted molar refractivity (Wildman–Crippen MR) is 58.2 cm³/mol. The van der Waals surface area contributed by atoms with Gasteiger partial charge in [0.15, 0.2) is 11.6 Å². The van der Waals surface area contributed by atoms with Gasteiger partial charge in [-0.15, -0.1) is 0 Å². The lowest BCUT2D eigenvalue weighted by atomic mass is 9.93. The van der Waals surface area contributed by atoms with Gasteiger partial charge in [0.25, 0.3) is 0 Å². The first kappa shape index (κ1) is 11.1. The summed E-state index contributed by atoms with van der Waals surface area (Å²) in [6, 6.07) is 3.26. The highest BCUT2D eigenvalue weighted by atomic mass is 19.2. The van der Waals surface area contributed by atoms with E-state index in [1.54, 1.807) is 19.1 Å². The van der Waals surface area contributed by atoms with Crippen LogP contribution in [0.5, 0.6) is 0 Å². The SMILES string of the molecule is CC1=CCC(c2ccc(C)c(F)c2F)CO1. The van der Waals surface area contributed by atoms with Crippen LogP contribution in [0.1, 0.15) is 30.4 Å². The molecule has 0 saturated heterocycles. The number of hydrogen-bond donors (Lipinski definition) is 0. The molecule has 1 atom stereocenters. The Morgan fingerprint density at radius 1 is 1.19 bits per heavy atom. The largest absolute Gasteiger partial charge is 0.498 e. The van der Waals surface area contributed by atoms with Crippen LogP contribution in [0.3, 0.4) is 0 Å². The lowest BCUT2D eigenvalue weighted by Gasteiger charge is -2.22. The van der Waals surface area contributed by atoms with Crippen LogP contribution in [0.2, 0.25) is 0 Å². The highest BCUT2D eigenvalue weighted by Crippen LogP contribution is 2.29. The molecule has 1 aromatic rings. The Labute approximate surface area is 93.7 Å². The minimum atomic E-state index is -0.747. The van der Waals surface area contributed by atoms with E-state index in [4.69, 9.17) is 4.74 Å². The van der Waals surface area contributed by atoms with E-state index in [1.165, 1.54) is 0 Å². The van der Waals surface area contributed by atoms with Gasteiger partial charge in [-0.3, -0.25) is 0 Å². The average Bonchev–Trinajstić information content (AvgIpc) is 2.28. The van der Waals surface area contributed by atoms with Crippen molar-refractivity contribution in [3.63, 3.8) is 0 Å². The molecule has 1 aliphatic rings. The summed E-state index contributed by atoms with van der Waals surface area (Å²) in [6.45, 7) is 3.84. The van der Waals surface area contributed by atoms with Crippen LogP contribution in [0.15, 0.2) is 24.0 Å². The zero-order valence-electron chi connectivity index (χ0n) is 9.39. The van der Waals surface area contributed by atoms with Gasteiger partial charge in [-0.05, 0) is 37.5 Å².